The number of carbonyl (C=O) groups is 1. The van der Waals surface area contributed by atoms with E-state index >= 15 is 0 Å². The zero-order valence-corrected chi connectivity index (χ0v) is 12.0. The van der Waals surface area contributed by atoms with Gasteiger partial charge in [-0.05, 0) is 43.7 Å². The molecule has 2 aliphatic rings. The van der Waals surface area contributed by atoms with Crippen LogP contribution in [0.2, 0.25) is 0 Å². The third-order valence-electron chi connectivity index (χ3n) is 4.89. The molecule has 1 N–H and O–H groups in total. The second kappa shape index (κ2) is 5.12. The van der Waals surface area contributed by atoms with Crippen LogP contribution in [0.5, 0.6) is 5.75 Å². The van der Waals surface area contributed by atoms with Gasteiger partial charge in [0.25, 0.3) is 0 Å². The highest BCUT2D eigenvalue weighted by Crippen LogP contribution is 2.53. The molecule has 3 atom stereocenters. The van der Waals surface area contributed by atoms with Gasteiger partial charge in [0.05, 0.1) is 10.5 Å². The van der Waals surface area contributed by atoms with Gasteiger partial charge in [-0.25, -0.2) is 4.79 Å². The monoisotopic (exact) mass is 303 g/mol. The van der Waals surface area contributed by atoms with Crippen molar-refractivity contribution in [3.05, 3.63) is 46.5 Å². The molecule has 0 radical (unpaired) electrons. The topological polar surface area (TPSA) is 89.7 Å². The van der Waals surface area contributed by atoms with Crippen molar-refractivity contribution in [2.75, 3.05) is 0 Å². The molecule has 2 fully saturated rings. The SMILES string of the molecule is C=CC1(Oc2cc(C(=O)O)ccc2[N+](=O)[O-])CC2CCC1C2. The summed E-state index contributed by atoms with van der Waals surface area (Å²) in [5.41, 5.74) is -0.859. The van der Waals surface area contributed by atoms with Crippen molar-refractivity contribution in [3.8, 4) is 5.75 Å². The normalized spacial score (nSPS) is 29.3. The van der Waals surface area contributed by atoms with Crippen molar-refractivity contribution in [3.63, 3.8) is 0 Å². The summed E-state index contributed by atoms with van der Waals surface area (Å²) in [4.78, 5) is 21.7. The maximum atomic E-state index is 11.2. The molecule has 0 amide bonds. The molecule has 6 nitrogen and oxygen atoms in total. The van der Waals surface area contributed by atoms with E-state index in [0.29, 0.717) is 11.8 Å². The predicted octanol–water partition coefficient (Wildman–Crippen LogP) is 3.42. The van der Waals surface area contributed by atoms with Crippen LogP contribution in [-0.2, 0) is 0 Å². The fourth-order valence-corrected chi connectivity index (χ4v) is 3.82. The van der Waals surface area contributed by atoms with E-state index in [1.54, 1.807) is 6.08 Å². The molecule has 0 spiro atoms. The highest BCUT2D eigenvalue weighted by molar-refractivity contribution is 5.88. The smallest absolute Gasteiger partial charge is 0.335 e. The minimum absolute atomic E-state index is 0.0114. The number of carboxylic acids is 1. The Bertz CT molecular complexity index is 656. The molecule has 6 heteroatoms. The van der Waals surface area contributed by atoms with Crippen LogP contribution in [-0.4, -0.2) is 21.6 Å². The van der Waals surface area contributed by atoms with E-state index in [0.717, 1.165) is 25.7 Å². The van der Waals surface area contributed by atoms with Gasteiger partial charge in [0.2, 0.25) is 0 Å². The van der Waals surface area contributed by atoms with Crippen LogP contribution in [0.3, 0.4) is 0 Å². The minimum Gasteiger partial charge on any atom is -0.478 e. The number of ether oxygens (including phenoxy) is 1. The minimum atomic E-state index is -1.14. The fraction of sp³-hybridized carbons (Fsp3) is 0.438. The number of aromatic carboxylic acids is 1. The van der Waals surface area contributed by atoms with Gasteiger partial charge in [0, 0.05) is 18.1 Å². The molecule has 116 valence electrons. The van der Waals surface area contributed by atoms with Gasteiger partial charge >= 0.3 is 11.7 Å². The Kier molecular flexibility index (Phi) is 3.39. The van der Waals surface area contributed by atoms with Gasteiger partial charge in [-0.3, -0.25) is 10.1 Å². The van der Waals surface area contributed by atoms with Crippen LogP contribution < -0.4 is 4.74 Å². The Hall–Kier alpha value is -2.37. The molecule has 0 aromatic heterocycles. The van der Waals surface area contributed by atoms with Crippen molar-refractivity contribution in [2.45, 2.75) is 31.3 Å². The third kappa shape index (κ3) is 2.24. The van der Waals surface area contributed by atoms with Crippen LogP contribution in [0.4, 0.5) is 5.69 Å². The summed E-state index contributed by atoms with van der Waals surface area (Å²) in [5.74, 6) is -0.273. The first kappa shape index (κ1) is 14.6. The first-order chi connectivity index (χ1) is 10.4. The second-order valence-corrected chi connectivity index (χ2v) is 6.09. The molecule has 2 bridgehead atoms. The number of fused-ring (bicyclic) bond motifs is 2. The summed E-state index contributed by atoms with van der Waals surface area (Å²) in [6.07, 6.45) is 5.73. The highest BCUT2D eigenvalue weighted by atomic mass is 16.6. The fourth-order valence-electron chi connectivity index (χ4n) is 3.82. The third-order valence-corrected chi connectivity index (χ3v) is 4.89. The number of benzene rings is 1. The summed E-state index contributed by atoms with van der Waals surface area (Å²) >= 11 is 0. The summed E-state index contributed by atoms with van der Waals surface area (Å²) in [7, 11) is 0. The standard InChI is InChI=1S/C16H17NO5/c1-2-16(9-10-3-5-12(16)7-10)22-14-8-11(15(18)19)4-6-13(14)17(20)21/h2,4,6,8,10,12H,1,3,5,7,9H2,(H,18,19). The van der Waals surface area contributed by atoms with Gasteiger partial charge in [-0.1, -0.05) is 6.58 Å². The lowest BCUT2D eigenvalue weighted by Gasteiger charge is -2.35. The Morgan fingerprint density at radius 1 is 1.50 bits per heavy atom. The van der Waals surface area contributed by atoms with Crippen molar-refractivity contribution < 1.29 is 19.6 Å². The zero-order chi connectivity index (χ0) is 15.9. The van der Waals surface area contributed by atoms with Gasteiger partial charge in [-0.15, -0.1) is 0 Å². The zero-order valence-electron chi connectivity index (χ0n) is 12.0. The molecule has 0 aliphatic heterocycles. The molecular weight excluding hydrogens is 286 g/mol. The van der Waals surface area contributed by atoms with Crippen LogP contribution in [0.15, 0.2) is 30.9 Å². The van der Waals surface area contributed by atoms with Crippen LogP contribution in [0.25, 0.3) is 0 Å². The van der Waals surface area contributed by atoms with Crippen molar-refractivity contribution in [1.29, 1.82) is 0 Å². The molecule has 2 saturated carbocycles. The van der Waals surface area contributed by atoms with Gasteiger partial charge in [0.1, 0.15) is 5.60 Å². The molecule has 0 saturated heterocycles. The number of nitro groups is 1. The Balaban J connectivity index is 1.99. The van der Waals surface area contributed by atoms with Crippen LogP contribution in [0.1, 0.15) is 36.0 Å². The summed E-state index contributed by atoms with van der Waals surface area (Å²) in [6, 6.07) is 3.63. The molecular formula is C16H17NO5. The van der Waals surface area contributed by atoms with E-state index in [1.807, 2.05) is 0 Å². The largest absolute Gasteiger partial charge is 0.478 e. The number of carboxylic acid groups (broad SMARTS) is 1. The maximum absolute atomic E-state index is 11.2. The maximum Gasteiger partial charge on any atom is 0.335 e. The average Bonchev–Trinajstić information content (AvgIpc) is 3.07. The Morgan fingerprint density at radius 3 is 2.77 bits per heavy atom. The number of hydrogen-bond donors (Lipinski definition) is 1. The van der Waals surface area contributed by atoms with Gasteiger partial charge < -0.3 is 9.84 Å². The summed E-state index contributed by atoms with van der Waals surface area (Å²) in [5, 5.41) is 20.3. The summed E-state index contributed by atoms with van der Waals surface area (Å²) < 4.78 is 6.01. The average molecular weight is 303 g/mol. The van der Waals surface area contributed by atoms with Crippen molar-refractivity contribution in [1.82, 2.24) is 0 Å². The highest BCUT2D eigenvalue weighted by Gasteiger charge is 2.51. The van der Waals surface area contributed by atoms with E-state index in [9.17, 15) is 14.9 Å². The molecule has 1 aromatic rings. The number of rotatable bonds is 5. The Labute approximate surface area is 127 Å². The van der Waals surface area contributed by atoms with Crippen molar-refractivity contribution >= 4 is 11.7 Å². The van der Waals surface area contributed by atoms with Crippen LogP contribution >= 0.6 is 0 Å². The van der Waals surface area contributed by atoms with E-state index in [4.69, 9.17) is 9.84 Å². The quantitative estimate of drug-likeness (QED) is 0.511. The first-order valence-corrected chi connectivity index (χ1v) is 7.29. The summed E-state index contributed by atoms with van der Waals surface area (Å²) in [6.45, 7) is 3.85. The lowest BCUT2D eigenvalue weighted by molar-refractivity contribution is -0.386. The Morgan fingerprint density at radius 2 is 2.27 bits per heavy atom. The van der Waals surface area contributed by atoms with Gasteiger partial charge in [-0.2, -0.15) is 0 Å². The van der Waals surface area contributed by atoms with Gasteiger partial charge in [0.15, 0.2) is 5.75 Å². The molecule has 1 aromatic carbocycles. The molecule has 22 heavy (non-hydrogen) atoms. The molecule has 0 heterocycles. The van der Waals surface area contributed by atoms with E-state index < -0.39 is 16.5 Å². The number of hydrogen-bond acceptors (Lipinski definition) is 4. The van der Waals surface area contributed by atoms with E-state index in [2.05, 4.69) is 6.58 Å². The number of nitrogens with zero attached hydrogens (tertiary/aromatic N) is 1. The van der Waals surface area contributed by atoms with Crippen LogP contribution in [0, 0.1) is 22.0 Å². The van der Waals surface area contributed by atoms with E-state index in [1.165, 1.54) is 18.2 Å². The molecule has 3 unspecified atom stereocenters. The molecule has 2 aliphatic carbocycles. The number of nitro benzene ring substituents is 1. The lowest BCUT2D eigenvalue weighted by Crippen LogP contribution is -2.39. The lowest BCUT2D eigenvalue weighted by atomic mass is 9.84. The molecule has 3 rings (SSSR count). The second-order valence-electron chi connectivity index (χ2n) is 6.09. The predicted molar refractivity (Wildman–Crippen MR) is 79.1 cm³/mol. The first-order valence-electron chi connectivity index (χ1n) is 7.29. The van der Waals surface area contributed by atoms with Crippen molar-refractivity contribution in [2.24, 2.45) is 11.8 Å². The van der Waals surface area contributed by atoms with E-state index in [-0.39, 0.29) is 17.0 Å².